The van der Waals surface area contributed by atoms with Gasteiger partial charge in [-0.3, -0.25) is 0 Å². The number of rotatable bonds is 3. The number of alkyl halides is 3. The van der Waals surface area contributed by atoms with E-state index in [4.69, 9.17) is 0 Å². The molecule has 0 radical (unpaired) electrons. The number of sulfonamides is 1. The Morgan fingerprint density at radius 1 is 0.962 bits per heavy atom. The summed E-state index contributed by atoms with van der Waals surface area (Å²) in [5.41, 5.74) is 1.54. The predicted octanol–water partition coefficient (Wildman–Crippen LogP) is 4.71. The van der Waals surface area contributed by atoms with Crippen molar-refractivity contribution < 1.29 is 21.6 Å². The fourth-order valence-corrected chi connectivity index (χ4v) is 4.57. The second kappa shape index (κ2) is 6.55. The van der Waals surface area contributed by atoms with E-state index in [1.54, 1.807) is 30.3 Å². The Morgan fingerprint density at radius 3 is 2.08 bits per heavy atom. The molecule has 0 aromatic heterocycles. The van der Waals surface area contributed by atoms with Gasteiger partial charge >= 0.3 is 6.18 Å². The fourth-order valence-electron chi connectivity index (χ4n) is 2.96. The minimum Gasteiger partial charge on any atom is -0.207 e. The van der Waals surface area contributed by atoms with Gasteiger partial charge in [0.25, 0.3) is 0 Å². The van der Waals surface area contributed by atoms with Gasteiger partial charge in [-0.1, -0.05) is 41.5 Å². The van der Waals surface area contributed by atoms with Gasteiger partial charge in [0.15, 0.2) is 0 Å². The molecule has 0 fully saturated rings. The lowest BCUT2D eigenvalue weighted by atomic mass is 10.0. The molecule has 138 valence electrons. The van der Waals surface area contributed by atoms with Crippen molar-refractivity contribution in [1.82, 2.24) is 4.31 Å². The number of halogens is 3. The van der Waals surface area contributed by atoms with E-state index < -0.39 is 27.8 Å². The molecule has 2 aromatic rings. The maximum Gasteiger partial charge on any atom is 0.416 e. The van der Waals surface area contributed by atoms with Crippen LogP contribution in [-0.4, -0.2) is 19.3 Å². The summed E-state index contributed by atoms with van der Waals surface area (Å²) < 4.78 is 65.6. The van der Waals surface area contributed by atoms with Crippen LogP contribution in [0.3, 0.4) is 0 Å². The van der Waals surface area contributed by atoms with Gasteiger partial charge in [0.05, 0.1) is 16.5 Å². The van der Waals surface area contributed by atoms with E-state index >= 15 is 0 Å². The molecule has 0 bridgehead atoms. The van der Waals surface area contributed by atoms with Gasteiger partial charge < -0.3 is 0 Å². The smallest absolute Gasteiger partial charge is 0.207 e. The van der Waals surface area contributed by atoms with Crippen LogP contribution in [0.2, 0.25) is 0 Å². The zero-order valence-corrected chi connectivity index (χ0v) is 15.1. The van der Waals surface area contributed by atoms with E-state index in [1.165, 1.54) is 16.4 Å². The van der Waals surface area contributed by atoms with Gasteiger partial charge in [-0.15, -0.1) is 0 Å². The Morgan fingerprint density at radius 2 is 1.54 bits per heavy atom. The van der Waals surface area contributed by atoms with E-state index in [-0.39, 0.29) is 11.4 Å². The lowest BCUT2D eigenvalue weighted by Gasteiger charge is -2.25. The lowest BCUT2D eigenvalue weighted by Crippen LogP contribution is -2.31. The van der Waals surface area contributed by atoms with Crippen molar-refractivity contribution in [3.8, 4) is 0 Å². The molecule has 0 N–H and O–H groups in total. The highest BCUT2D eigenvalue weighted by atomic mass is 32.2. The summed E-state index contributed by atoms with van der Waals surface area (Å²) in [6.45, 7) is 3.88. The van der Waals surface area contributed by atoms with E-state index in [0.717, 1.165) is 23.3 Å². The molecule has 2 aromatic carbocycles. The Balaban J connectivity index is 1.97. The Labute approximate surface area is 150 Å². The van der Waals surface area contributed by atoms with E-state index in [2.05, 4.69) is 0 Å². The topological polar surface area (TPSA) is 37.4 Å². The average Bonchev–Trinajstić information content (AvgIpc) is 2.97. The molecule has 1 aliphatic heterocycles. The molecule has 3 rings (SSSR count). The highest BCUT2D eigenvalue weighted by molar-refractivity contribution is 7.89. The minimum absolute atomic E-state index is 0.170. The summed E-state index contributed by atoms with van der Waals surface area (Å²) in [6.07, 6.45) is -2.65. The van der Waals surface area contributed by atoms with Gasteiger partial charge in [-0.2, -0.15) is 17.5 Å². The average molecular weight is 381 g/mol. The molecule has 1 aliphatic rings. The first-order valence-electron chi connectivity index (χ1n) is 8.02. The maximum atomic E-state index is 13.0. The molecule has 7 heteroatoms. The van der Waals surface area contributed by atoms with Gasteiger partial charge in [0.2, 0.25) is 10.0 Å². The SMILES string of the molecule is CC1=CC(c2ccc(C(F)(F)F)cc2)N(S(=O)(=O)c2ccc(C)cc2)C1. The van der Waals surface area contributed by atoms with Crippen molar-refractivity contribution in [1.29, 1.82) is 0 Å². The normalized spacial score (nSPS) is 18.8. The van der Waals surface area contributed by atoms with E-state index in [9.17, 15) is 21.6 Å². The molecule has 1 atom stereocenters. The minimum atomic E-state index is -4.42. The lowest BCUT2D eigenvalue weighted by molar-refractivity contribution is -0.137. The molecule has 26 heavy (non-hydrogen) atoms. The summed E-state index contributed by atoms with van der Waals surface area (Å²) in [6, 6.07) is 10.5. The molecule has 0 spiro atoms. The Bertz CT molecular complexity index is 930. The number of hydrogen-bond acceptors (Lipinski definition) is 2. The molecule has 3 nitrogen and oxygen atoms in total. The quantitative estimate of drug-likeness (QED) is 0.723. The van der Waals surface area contributed by atoms with Gasteiger partial charge in [0, 0.05) is 6.54 Å². The molecule has 0 saturated heterocycles. The van der Waals surface area contributed by atoms with Crippen LogP contribution in [-0.2, 0) is 16.2 Å². The van der Waals surface area contributed by atoms with Gasteiger partial charge in [-0.05, 0) is 43.7 Å². The standard InChI is InChI=1S/C19H18F3NO2S/c1-13-3-9-17(10-4-13)26(24,25)23-12-14(2)11-18(23)15-5-7-16(8-6-15)19(20,21)22/h3-11,18H,12H2,1-2H3. The molecule has 1 unspecified atom stereocenters. The summed E-state index contributed by atoms with van der Waals surface area (Å²) in [5.74, 6) is 0. The number of hydrogen-bond donors (Lipinski definition) is 0. The number of benzene rings is 2. The zero-order chi connectivity index (χ0) is 19.1. The van der Waals surface area contributed by atoms with Crippen LogP contribution in [0, 0.1) is 6.92 Å². The van der Waals surface area contributed by atoms with Crippen LogP contribution in [0.25, 0.3) is 0 Å². The largest absolute Gasteiger partial charge is 0.416 e. The summed E-state index contributed by atoms with van der Waals surface area (Å²) >= 11 is 0. The van der Waals surface area contributed by atoms with Crippen LogP contribution in [0.4, 0.5) is 13.2 Å². The summed E-state index contributed by atoms with van der Waals surface area (Å²) in [7, 11) is -3.77. The van der Waals surface area contributed by atoms with Crippen LogP contribution >= 0.6 is 0 Å². The monoisotopic (exact) mass is 381 g/mol. The van der Waals surface area contributed by atoms with Gasteiger partial charge in [-0.25, -0.2) is 8.42 Å². The van der Waals surface area contributed by atoms with E-state index in [0.29, 0.717) is 5.56 Å². The molecule has 1 heterocycles. The molecular weight excluding hydrogens is 363 g/mol. The molecule has 0 aliphatic carbocycles. The van der Waals surface area contributed by atoms with Crippen molar-refractivity contribution in [3.05, 3.63) is 76.9 Å². The Hall–Kier alpha value is -2.12. The first kappa shape index (κ1) is 18.7. The first-order chi connectivity index (χ1) is 12.1. The maximum absolute atomic E-state index is 13.0. The second-order valence-corrected chi connectivity index (χ2v) is 8.33. The fraction of sp³-hybridized carbons (Fsp3) is 0.263. The third-order valence-corrected chi connectivity index (χ3v) is 6.21. The molecular formula is C19H18F3NO2S. The van der Waals surface area contributed by atoms with Crippen LogP contribution in [0.1, 0.15) is 29.7 Å². The van der Waals surface area contributed by atoms with E-state index in [1.807, 2.05) is 13.8 Å². The highest BCUT2D eigenvalue weighted by Gasteiger charge is 2.36. The predicted molar refractivity (Wildman–Crippen MR) is 93.0 cm³/mol. The highest BCUT2D eigenvalue weighted by Crippen LogP contribution is 2.36. The van der Waals surface area contributed by atoms with Crippen molar-refractivity contribution in [2.75, 3.05) is 6.54 Å². The van der Waals surface area contributed by atoms with Crippen LogP contribution in [0.5, 0.6) is 0 Å². The summed E-state index contributed by atoms with van der Waals surface area (Å²) in [4.78, 5) is 0.170. The Kier molecular flexibility index (Phi) is 4.71. The molecule has 0 amide bonds. The van der Waals surface area contributed by atoms with Gasteiger partial charge in [0.1, 0.15) is 0 Å². The third kappa shape index (κ3) is 3.54. The van der Waals surface area contributed by atoms with Crippen molar-refractivity contribution in [2.45, 2.75) is 31.0 Å². The number of nitrogens with zero attached hydrogens (tertiary/aromatic N) is 1. The molecule has 0 saturated carbocycles. The van der Waals surface area contributed by atoms with Crippen LogP contribution in [0.15, 0.2) is 65.1 Å². The zero-order valence-electron chi connectivity index (χ0n) is 14.3. The van der Waals surface area contributed by atoms with Crippen molar-refractivity contribution >= 4 is 10.0 Å². The van der Waals surface area contributed by atoms with Crippen molar-refractivity contribution in [2.24, 2.45) is 0 Å². The first-order valence-corrected chi connectivity index (χ1v) is 9.46. The third-order valence-electron chi connectivity index (χ3n) is 4.36. The summed E-state index contributed by atoms with van der Waals surface area (Å²) in [5, 5.41) is 0. The second-order valence-electron chi connectivity index (χ2n) is 6.44. The van der Waals surface area contributed by atoms with Crippen LogP contribution < -0.4 is 0 Å². The number of aryl methyl sites for hydroxylation is 1. The van der Waals surface area contributed by atoms with Crippen molar-refractivity contribution in [3.63, 3.8) is 0 Å².